The van der Waals surface area contributed by atoms with Gasteiger partial charge in [-0.05, 0) is 36.8 Å². The number of Topliss-reactive ketones (excluding diaryl/α,β-unsaturated/α-hetero) is 1. The summed E-state index contributed by atoms with van der Waals surface area (Å²) >= 11 is 1.19. The number of ketones is 1. The van der Waals surface area contributed by atoms with Crippen LogP contribution in [0.3, 0.4) is 0 Å². The first-order valence-electron chi connectivity index (χ1n) is 9.24. The van der Waals surface area contributed by atoms with Crippen LogP contribution in [0.1, 0.15) is 38.8 Å². The number of amides is 1. The number of anilines is 1. The number of alkyl halides is 3. The molecule has 1 N–H and O–H groups in total. The molecule has 0 aliphatic heterocycles. The van der Waals surface area contributed by atoms with Crippen LogP contribution in [-0.4, -0.2) is 23.8 Å². The van der Waals surface area contributed by atoms with Crippen LogP contribution in [0.4, 0.5) is 18.3 Å². The van der Waals surface area contributed by atoms with Crippen LogP contribution >= 0.6 is 11.3 Å². The Morgan fingerprint density at radius 2 is 1.94 bits per heavy atom. The number of aromatic nitrogens is 1. The molecule has 0 fully saturated rings. The van der Waals surface area contributed by atoms with Gasteiger partial charge in [0.05, 0.1) is 19.1 Å². The van der Waals surface area contributed by atoms with Crippen molar-refractivity contribution in [2.24, 2.45) is 0 Å². The summed E-state index contributed by atoms with van der Waals surface area (Å²) in [6, 6.07) is 9.98. The number of carbonyl (C=O) groups is 2. The first-order chi connectivity index (χ1) is 14.7. The highest BCUT2D eigenvalue weighted by molar-refractivity contribution is 7.15. The molecule has 0 bridgehead atoms. The smallest absolute Gasteiger partial charge is 0.416 e. The van der Waals surface area contributed by atoms with E-state index in [1.54, 1.807) is 24.3 Å². The van der Waals surface area contributed by atoms with Gasteiger partial charge in [0.1, 0.15) is 5.75 Å². The van der Waals surface area contributed by atoms with Gasteiger partial charge in [0.25, 0.3) is 0 Å². The Bertz CT molecular complexity index is 1110. The lowest BCUT2D eigenvalue weighted by Crippen LogP contribution is -2.15. The second kappa shape index (κ2) is 9.30. The largest absolute Gasteiger partial charge is 0.496 e. The number of methoxy groups -OCH3 is 1. The van der Waals surface area contributed by atoms with E-state index in [2.05, 4.69) is 10.3 Å². The molecule has 1 heterocycles. The van der Waals surface area contributed by atoms with Gasteiger partial charge >= 0.3 is 6.18 Å². The average Bonchev–Trinajstić information content (AvgIpc) is 3.13. The number of nitrogens with one attached hydrogen (secondary N) is 1. The SMILES string of the molecule is COc1ccc(C(C)=O)cc1CC(=O)Nc1ncc(Cc2cccc(C(F)(F)F)c2)s1. The van der Waals surface area contributed by atoms with Gasteiger partial charge in [-0.3, -0.25) is 9.59 Å². The average molecular weight is 448 g/mol. The zero-order valence-electron chi connectivity index (χ0n) is 16.7. The Kier molecular flexibility index (Phi) is 6.74. The van der Waals surface area contributed by atoms with E-state index in [9.17, 15) is 22.8 Å². The van der Waals surface area contributed by atoms with Crippen molar-refractivity contribution in [1.29, 1.82) is 0 Å². The Morgan fingerprint density at radius 3 is 2.61 bits per heavy atom. The van der Waals surface area contributed by atoms with E-state index in [1.807, 2.05) is 0 Å². The molecule has 0 spiro atoms. The number of carbonyl (C=O) groups excluding carboxylic acids is 2. The standard InChI is InChI=1S/C22H19F3N2O3S/c1-13(28)15-6-7-19(30-2)16(10-15)11-20(29)27-21-26-12-18(31-21)9-14-4-3-5-17(8-14)22(23,24)25/h3-8,10,12H,9,11H2,1-2H3,(H,26,27,29). The monoisotopic (exact) mass is 448 g/mol. The van der Waals surface area contributed by atoms with Crippen LogP contribution in [0.25, 0.3) is 0 Å². The Labute approximate surface area is 180 Å². The molecule has 0 aliphatic rings. The topological polar surface area (TPSA) is 68.3 Å². The number of thiazole rings is 1. The highest BCUT2D eigenvalue weighted by Gasteiger charge is 2.30. The minimum absolute atomic E-state index is 0.0210. The van der Waals surface area contributed by atoms with Gasteiger partial charge in [0, 0.05) is 28.6 Å². The lowest BCUT2D eigenvalue weighted by atomic mass is 10.0. The lowest BCUT2D eigenvalue weighted by molar-refractivity contribution is -0.137. The molecule has 9 heteroatoms. The summed E-state index contributed by atoms with van der Waals surface area (Å²) < 4.78 is 43.9. The minimum atomic E-state index is -4.40. The molecule has 2 aromatic carbocycles. The summed E-state index contributed by atoms with van der Waals surface area (Å²) in [5, 5.41) is 3.02. The molecule has 0 atom stereocenters. The van der Waals surface area contributed by atoms with Gasteiger partial charge in [-0.15, -0.1) is 11.3 Å². The molecule has 3 aromatic rings. The number of hydrogen-bond acceptors (Lipinski definition) is 5. The molecule has 3 rings (SSSR count). The van der Waals surface area contributed by atoms with E-state index in [4.69, 9.17) is 4.74 Å². The molecule has 1 amide bonds. The minimum Gasteiger partial charge on any atom is -0.496 e. The molecule has 0 radical (unpaired) electrons. The number of benzene rings is 2. The van der Waals surface area contributed by atoms with Gasteiger partial charge in [-0.25, -0.2) is 4.98 Å². The predicted molar refractivity (Wildman–Crippen MR) is 112 cm³/mol. The zero-order valence-corrected chi connectivity index (χ0v) is 17.6. The van der Waals surface area contributed by atoms with Crippen LogP contribution in [-0.2, 0) is 23.8 Å². The molecule has 0 saturated heterocycles. The van der Waals surface area contributed by atoms with E-state index in [1.165, 1.54) is 37.6 Å². The van der Waals surface area contributed by atoms with Gasteiger partial charge in [-0.1, -0.05) is 18.2 Å². The van der Waals surface area contributed by atoms with Crippen molar-refractivity contribution in [3.63, 3.8) is 0 Å². The summed E-state index contributed by atoms with van der Waals surface area (Å²) in [6.07, 6.45) is -2.63. The van der Waals surface area contributed by atoms with Crippen molar-refractivity contribution in [1.82, 2.24) is 4.98 Å². The van der Waals surface area contributed by atoms with E-state index in [-0.39, 0.29) is 24.5 Å². The van der Waals surface area contributed by atoms with Crippen molar-refractivity contribution in [3.05, 3.63) is 75.8 Å². The number of ether oxygens (including phenoxy) is 1. The van der Waals surface area contributed by atoms with Crippen LogP contribution in [0.15, 0.2) is 48.7 Å². The van der Waals surface area contributed by atoms with E-state index >= 15 is 0 Å². The van der Waals surface area contributed by atoms with Crippen LogP contribution in [0.5, 0.6) is 5.75 Å². The van der Waals surface area contributed by atoms with Gasteiger partial charge < -0.3 is 10.1 Å². The molecule has 1 aromatic heterocycles. The maximum absolute atomic E-state index is 12.9. The van der Waals surface area contributed by atoms with Gasteiger partial charge in [0.2, 0.25) is 5.91 Å². The summed E-state index contributed by atoms with van der Waals surface area (Å²) in [5.41, 5.74) is 0.835. The van der Waals surface area contributed by atoms with E-state index in [0.717, 1.165) is 12.1 Å². The zero-order chi connectivity index (χ0) is 22.6. The third kappa shape index (κ3) is 5.91. The summed E-state index contributed by atoms with van der Waals surface area (Å²) in [4.78, 5) is 28.9. The number of halogens is 3. The van der Waals surface area contributed by atoms with Gasteiger partial charge in [-0.2, -0.15) is 13.2 Å². The second-order valence-electron chi connectivity index (χ2n) is 6.81. The molecule has 0 unspecified atom stereocenters. The molecular weight excluding hydrogens is 429 g/mol. The first-order valence-corrected chi connectivity index (χ1v) is 10.1. The maximum Gasteiger partial charge on any atom is 0.416 e. The first kappa shape index (κ1) is 22.5. The second-order valence-corrected chi connectivity index (χ2v) is 7.93. The number of hydrogen-bond donors (Lipinski definition) is 1. The third-order valence-corrected chi connectivity index (χ3v) is 5.38. The van der Waals surface area contributed by atoms with Crippen molar-refractivity contribution in [3.8, 4) is 5.75 Å². The fraction of sp³-hybridized carbons (Fsp3) is 0.227. The van der Waals surface area contributed by atoms with E-state index < -0.39 is 11.7 Å². The van der Waals surface area contributed by atoms with Crippen molar-refractivity contribution in [2.75, 3.05) is 12.4 Å². The van der Waals surface area contributed by atoms with E-state index in [0.29, 0.717) is 32.4 Å². The third-order valence-electron chi connectivity index (χ3n) is 4.47. The maximum atomic E-state index is 12.9. The quantitative estimate of drug-likeness (QED) is 0.508. The summed E-state index contributed by atoms with van der Waals surface area (Å²) in [5.74, 6) is 0.0203. The normalized spacial score (nSPS) is 11.3. The number of nitrogens with zero attached hydrogens (tertiary/aromatic N) is 1. The number of rotatable bonds is 7. The fourth-order valence-corrected chi connectivity index (χ4v) is 3.84. The predicted octanol–water partition coefficient (Wildman–Crippen LogP) is 5.15. The van der Waals surface area contributed by atoms with Crippen LogP contribution < -0.4 is 10.1 Å². The summed E-state index contributed by atoms with van der Waals surface area (Å²) in [7, 11) is 1.48. The fourth-order valence-electron chi connectivity index (χ4n) is 2.98. The van der Waals surface area contributed by atoms with Crippen molar-refractivity contribution < 1.29 is 27.5 Å². The molecule has 162 valence electrons. The Hall–Kier alpha value is -3.20. The highest BCUT2D eigenvalue weighted by Crippen LogP contribution is 2.30. The molecule has 0 aliphatic carbocycles. The summed E-state index contributed by atoms with van der Waals surface area (Å²) in [6.45, 7) is 1.44. The van der Waals surface area contributed by atoms with Crippen LogP contribution in [0, 0.1) is 0 Å². The molecule has 31 heavy (non-hydrogen) atoms. The van der Waals surface area contributed by atoms with Crippen molar-refractivity contribution in [2.45, 2.75) is 25.9 Å². The molecule has 5 nitrogen and oxygen atoms in total. The Morgan fingerprint density at radius 1 is 1.16 bits per heavy atom. The molecular formula is C22H19F3N2O3S. The van der Waals surface area contributed by atoms with Crippen molar-refractivity contribution >= 4 is 28.2 Å². The Balaban J connectivity index is 1.67. The van der Waals surface area contributed by atoms with Gasteiger partial charge in [0.15, 0.2) is 10.9 Å². The lowest BCUT2D eigenvalue weighted by Gasteiger charge is -2.09. The highest BCUT2D eigenvalue weighted by atomic mass is 32.1. The molecule has 0 saturated carbocycles. The van der Waals surface area contributed by atoms with Crippen LogP contribution in [0.2, 0.25) is 0 Å².